The zero-order valence-corrected chi connectivity index (χ0v) is 18.8. The van der Waals surface area contributed by atoms with Gasteiger partial charge in [0.15, 0.2) is 0 Å². The first-order valence-electron chi connectivity index (χ1n) is 11.0. The van der Waals surface area contributed by atoms with Crippen LogP contribution in [0.5, 0.6) is 5.75 Å². The number of rotatable bonds is 9. The summed E-state index contributed by atoms with van der Waals surface area (Å²) in [5.41, 5.74) is 2.56. The molecule has 178 valence electrons. The Morgan fingerprint density at radius 3 is 2.14 bits per heavy atom. The molecule has 5 amide bonds. The van der Waals surface area contributed by atoms with E-state index in [0.717, 1.165) is 16.2 Å². The summed E-state index contributed by atoms with van der Waals surface area (Å²) in [6.45, 7) is 0.378. The molecule has 0 bridgehead atoms. The zero-order chi connectivity index (χ0) is 24.6. The molecule has 0 saturated carbocycles. The van der Waals surface area contributed by atoms with Crippen molar-refractivity contribution in [3.63, 3.8) is 0 Å². The summed E-state index contributed by atoms with van der Waals surface area (Å²) < 4.78 is 5.71. The molecule has 0 aromatic heterocycles. The molecule has 0 unspecified atom stereocenters. The molecule has 35 heavy (non-hydrogen) atoms. The number of amides is 5. The minimum absolute atomic E-state index is 0.00989. The number of hydrogen-bond acceptors (Lipinski definition) is 5. The summed E-state index contributed by atoms with van der Waals surface area (Å²) >= 11 is 0. The Labute approximate surface area is 202 Å². The van der Waals surface area contributed by atoms with Crippen LogP contribution in [-0.2, 0) is 16.2 Å². The lowest BCUT2D eigenvalue weighted by atomic mass is 10.1. The Hall–Kier alpha value is -4.66. The van der Waals surface area contributed by atoms with Crippen LogP contribution >= 0.6 is 0 Å². The van der Waals surface area contributed by atoms with Crippen molar-refractivity contribution in [3.05, 3.63) is 90.0 Å². The normalized spacial score (nSPS) is 12.7. The first-order chi connectivity index (χ1) is 17.0. The van der Waals surface area contributed by atoms with Gasteiger partial charge < -0.3 is 20.7 Å². The molecule has 1 aliphatic rings. The molecule has 4 rings (SSSR count). The van der Waals surface area contributed by atoms with Gasteiger partial charge in [0.1, 0.15) is 12.4 Å². The van der Waals surface area contributed by atoms with Gasteiger partial charge in [-0.1, -0.05) is 30.3 Å². The average Bonchev–Trinajstić information content (AvgIpc) is 3.20. The minimum atomic E-state index is -0.488. The van der Waals surface area contributed by atoms with E-state index in [1.807, 2.05) is 42.5 Å². The maximum Gasteiger partial charge on any atom is 0.324 e. The molecular weight excluding hydrogens is 448 g/mol. The maximum absolute atomic E-state index is 12.6. The van der Waals surface area contributed by atoms with Gasteiger partial charge in [-0.25, -0.2) is 4.79 Å². The second-order valence-corrected chi connectivity index (χ2v) is 7.83. The average molecular weight is 473 g/mol. The summed E-state index contributed by atoms with van der Waals surface area (Å²) in [6, 6.07) is 22.8. The van der Waals surface area contributed by atoms with Crippen molar-refractivity contribution < 1.29 is 23.9 Å². The monoisotopic (exact) mass is 472 g/mol. The number of anilines is 2. The molecule has 1 heterocycles. The van der Waals surface area contributed by atoms with Crippen LogP contribution in [-0.4, -0.2) is 41.7 Å². The molecule has 0 spiro atoms. The van der Waals surface area contributed by atoms with E-state index in [9.17, 15) is 19.2 Å². The molecule has 3 aromatic carbocycles. The highest BCUT2D eigenvalue weighted by atomic mass is 16.5. The first-order valence-corrected chi connectivity index (χ1v) is 11.0. The topological polar surface area (TPSA) is 117 Å². The standard InChI is InChI=1S/C26H24N4O5/c31-23(14-15-30-24(32)16-27-26(30)34)28-20-10-12-21(13-11-20)29-25(33)19-8-6-18(7-9-19)17-35-22-4-2-1-3-5-22/h1-13H,14-17H2,(H,27,34)(H,28,31)(H,29,33). The van der Waals surface area contributed by atoms with Crippen LogP contribution in [0.3, 0.4) is 0 Å². The number of imide groups is 1. The molecule has 3 N–H and O–H groups in total. The van der Waals surface area contributed by atoms with Crippen LogP contribution in [0.2, 0.25) is 0 Å². The van der Waals surface area contributed by atoms with E-state index in [-0.39, 0.29) is 37.2 Å². The first kappa shape index (κ1) is 23.5. The van der Waals surface area contributed by atoms with Gasteiger partial charge in [0.25, 0.3) is 5.91 Å². The van der Waals surface area contributed by atoms with Crippen molar-refractivity contribution in [2.45, 2.75) is 13.0 Å². The summed E-state index contributed by atoms with van der Waals surface area (Å²) in [7, 11) is 0. The fraction of sp³-hybridized carbons (Fsp3) is 0.154. The van der Waals surface area contributed by atoms with Crippen molar-refractivity contribution in [1.29, 1.82) is 0 Å². The van der Waals surface area contributed by atoms with Crippen molar-refractivity contribution in [1.82, 2.24) is 10.2 Å². The number of para-hydroxylation sites is 1. The van der Waals surface area contributed by atoms with E-state index in [4.69, 9.17) is 4.74 Å². The summed E-state index contributed by atoms with van der Waals surface area (Å²) in [4.78, 5) is 48.8. The molecule has 9 heteroatoms. The lowest BCUT2D eigenvalue weighted by Gasteiger charge is -2.12. The molecule has 9 nitrogen and oxygen atoms in total. The van der Waals surface area contributed by atoms with E-state index in [2.05, 4.69) is 16.0 Å². The van der Waals surface area contributed by atoms with E-state index in [0.29, 0.717) is 23.5 Å². The van der Waals surface area contributed by atoms with Crippen LogP contribution in [0, 0.1) is 0 Å². The van der Waals surface area contributed by atoms with Crippen LogP contribution in [0.4, 0.5) is 16.2 Å². The van der Waals surface area contributed by atoms with Crippen molar-refractivity contribution in [3.8, 4) is 5.75 Å². The predicted octanol–water partition coefficient (Wildman–Crippen LogP) is 3.40. The third kappa shape index (κ3) is 6.44. The highest BCUT2D eigenvalue weighted by Crippen LogP contribution is 2.16. The number of carbonyl (C=O) groups excluding carboxylic acids is 4. The Morgan fingerprint density at radius 1 is 0.857 bits per heavy atom. The molecule has 0 atom stereocenters. The van der Waals surface area contributed by atoms with E-state index in [1.54, 1.807) is 36.4 Å². The minimum Gasteiger partial charge on any atom is -0.489 e. The Bertz CT molecular complexity index is 1190. The smallest absolute Gasteiger partial charge is 0.324 e. The largest absolute Gasteiger partial charge is 0.489 e. The highest BCUT2D eigenvalue weighted by molar-refractivity contribution is 6.04. The molecule has 3 aromatic rings. The van der Waals surface area contributed by atoms with Gasteiger partial charge in [0.05, 0.1) is 6.54 Å². The van der Waals surface area contributed by atoms with Gasteiger partial charge >= 0.3 is 6.03 Å². The van der Waals surface area contributed by atoms with Crippen molar-refractivity contribution in [2.75, 3.05) is 23.7 Å². The lowest BCUT2D eigenvalue weighted by Crippen LogP contribution is -2.33. The second-order valence-electron chi connectivity index (χ2n) is 7.83. The number of nitrogens with zero attached hydrogens (tertiary/aromatic N) is 1. The SMILES string of the molecule is O=C(CCN1C(=O)CNC1=O)Nc1ccc(NC(=O)c2ccc(COc3ccccc3)cc2)cc1. The van der Waals surface area contributed by atoms with Crippen molar-refractivity contribution >= 4 is 35.1 Å². The fourth-order valence-corrected chi connectivity index (χ4v) is 3.39. The Kier molecular flexibility index (Phi) is 7.37. The number of nitrogens with one attached hydrogen (secondary N) is 3. The molecule has 1 saturated heterocycles. The van der Waals surface area contributed by atoms with E-state index in [1.165, 1.54) is 0 Å². The molecule has 0 radical (unpaired) electrons. The van der Waals surface area contributed by atoms with Gasteiger partial charge in [-0.15, -0.1) is 0 Å². The Morgan fingerprint density at radius 2 is 1.51 bits per heavy atom. The number of carbonyl (C=O) groups is 4. The van der Waals surface area contributed by atoms with Crippen LogP contribution in [0.25, 0.3) is 0 Å². The third-order valence-corrected chi connectivity index (χ3v) is 5.29. The van der Waals surface area contributed by atoms with Crippen molar-refractivity contribution in [2.24, 2.45) is 0 Å². The third-order valence-electron chi connectivity index (χ3n) is 5.29. The maximum atomic E-state index is 12.6. The predicted molar refractivity (Wildman–Crippen MR) is 130 cm³/mol. The molecule has 1 aliphatic heterocycles. The zero-order valence-electron chi connectivity index (χ0n) is 18.8. The molecule has 0 aliphatic carbocycles. The number of ether oxygens (including phenoxy) is 1. The number of benzene rings is 3. The van der Waals surface area contributed by atoms with Gasteiger partial charge in [-0.2, -0.15) is 0 Å². The van der Waals surface area contributed by atoms with E-state index >= 15 is 0 Å². The Balaban J connectivity index is 1.24. The number of hydrogen-bond donors (Lipinski definition) is 3. The molecular formula is C26H24N4O5. The highest BCUT2D eigenvalue weighted by Gasteiger charge is 2.28. The van der Waals surface area contributed by atoms with Gasteiger partial charge in [0.2, 0.25) is 11.8 Å². The van der Waals surface area contributed by atoms with Crippen LogP contribution in [0.15, 0.2) is 78.9 Å². The van der Waals surface area contributed by atoms with Gasteiger partial charge in [-0.3, -0.25) is 19.3 Å². The fourth-order valence-electron chi connectivity index (χ4n) is 3.39. The van der Waals surface area contributed by atoms with Crippen LogP contribution < -0.4 is 20.7 Å². The molecule has 1 fully saturated rings. The van der Waals surface area contributed by atoms with Crippen LogP contribution in [0.1, 0.15) is 22.3 Å². The summed E-state index contributed by atoms with van der Waals surface area (Å²) in [5.74, 6) is -0.155. The second kappa shape index (κ2) is 11.0. The van der Waals surface area contributed by atoms with Gasteiger partial charge in [-0.05, 0) is 54.1 Å². The van der Waals surface area contributed by atoms with E-state index < -0.39 is 6.03 Å². The quantitative estimate of drug-likeness (QED) is 0.413. The number of urea groups is 1. The summed E-state index contributed by atoms with van der Waals surface area (Å²) in [5, 5.41) is 7.93. The lowest BCUT2D eigenvalue weighted by molar-refractivity contribution is -0.125. The van der Waals surface area contributed by atoms with Gasteiger partial charge in [0, 0.05) is 29.9 Å². The summed E-state index contributed by atoms with van der Waals surface area (Å²) in [6.07, 6.45) is -0.00989.